The molecule has 0 fully saturated rings. The van der Waals surface area contributed by atoms with Gasteiger partial charge in [-0.05, 0) is 41.2 Å². The van der Waals surface area contributed by atoms with Crippen LogP contribution in [-0.2, 0) is 29.1 Å². The summed E-state index contributed by atoms with van der Waals surface area (Å²) in [5.41, 5.74) is 3.38. The van der Waals surface area contributed by atoms with Crippen LogP contribution < -0.4 is 20.7 Å². The number of rotatable bonds is 8. The fourth-order valence-electron chi connectivity index (χ4n) is 3.64. The maximum absolute atomic E-state index is 12.9. The molecular weight excluding hydrogens is 378 g/mol. The van der Waals surface area contributed by atoms with Gasteiger partial charge < -0.3 is 20.7 Å². The molecule has 3 atom stereocenters. The molecule has 3 N–H and O–H groups in total. The third kappa shape index (κ3) is 5.39. The Balaban J connectivity index is 1.60. The van der Waals surface area contributed by atoms with Gasteiger partial charge in [0.15, 0.2) is 0 Å². The summed E-state index contributed by atoms with van der Waals surface area (Å²) in [6.07, 6.45) is 1.42. The van der Waals surface area contributed by atoms with Crippen LogP contribution in [0, 0.1) is 5.92 Å². The van der Waals surface area contributed by atoms with Crippen LogP contribution in [0.4, 0.5) is 0 Å². The van der Waals surface area contributed by atoms with Crippen molar-refractivity contribution in [1.29, 1.82) is 0 Å². The molecular formula is C24H31N3O3. The second-order valence-electron chi connectivity index (χ2n) is 7.84. The summed E-state index contributed by atoms with van der Waals surface area (Å²) in [7, 11) is 1.62. The van der Waals surface area contributed by atoms with Gasteiger partial charge in [0, 0.05) is 13.1 Å². The summed E-state index contributed by atoms with van der Waals surface area (Å²) < 4.78 is 5.16. The van der Waals surface area contributed by atoms with Crippen molar-refractivity contribution in [2.24, 2.45) is 5.92 Å². The molecule has 0 aromatic heterocycles. The Bertz CT molecular complexity index is 866. The summed E-state index contributed by atoms with van der Waals surface area (Å²) in [5.74, 6) is 0.510. The van der Waals surface area contributed by atoms with E-state index in [1.165, 1.54) is 11.1 Å². The lowest BCUT2D eigenvalue weighted by Gasteiger charge is -2.29. The van der Waals surface area contributed by atoms with Gasteiger partial charge >= 0.3 is 0 Å². The second-order valence-corrected chi connectivity index (χ2v) is 7.84. The van der Waals surface area contributed by atoms with Gasteiger partial charge in [-0.3, -0.25) is 9.59 Å². The van der Waals surface area contributed by atoms with Gasteiger partial charge in [-0.25, -0.2) is 0 Å². The van der Waals surface area contributed by atoms with Gasteiger partial charge in [-0.2, -0.15) is 0 Å². The molecule has 2 amide bonds. The van der Waals surface area contributed by atoms with E-state index < -0.39 is 6.04 Å². The Morgan fingerprint density at radius 2 is 1.83 bits per heavy atom. The van der Waals surface area contributed by atoms with Crippen molar-refractivity contribution < 1.29 is 14.3 Å². The number of fused-ring (bicyclic) bond motifs is 1. The van der Waals surface area contributed by atoms with E-state index in [-0.39, 0.29) is 23.8 Å². The molecule has 0 saturated carbocycles. The molecule has 6 heteroatoms. The average Bonchev–Trinajstić information content (AvgIpc) is 2.80. The first-order valence-electron chi connectivity index (χ1n) is 10.5. The quantitative estimate of drug-likeness (QED) is 0.626. The molecule has 6 nitrogen and oxygen atoms in total. The van der Waals surface area contributed by atoms with Gasteiger partial charge in [0.25, 0.3) is 0 Å². The van der Waals surface area contributed by atoms with Crippen LogP contribution in [0.3, 0.4) is 0 Å². The summed E-state index contributed by atoms with van der Waals surface area (Å²) in [4.78, 5) is 25.8. The Morgan fingerprint density at radius 3 is 2.50 bits per heavy atom. The van der Waals surface area contributed by atoms with E-state index in [1.807, 2.05) is 50.2 Å². The van der Waals surface area contributed by atoms with E-state index in [4.69, 9.17) is 4.74 Å². The molecule has 1 heterocycles. The summed E-state index contributed by atoms with van der Waals surface area (Å²) in [6.45, 7) is 5.07. The lowest BCUT2D eigenvalue weighted by atomic mass is 9.94. The molecule has 2 aromatic carbocycles. The molecule has 0 aliphatic carbocycles. The number of carbonyl (C=O) groups is 2. The first-order chi connectivity index (χ1) is 14.5. The van der Waals surface area contributed by atoms with Crippen LogP contribution in [0.5, 0.6) is 5.75 Å². The maximum Gasteiger partial charge on any atom is 0.243 e. The standard InChI is InChI=1S/C24H31N3O3/c1-4-16(2)22(24(29)26-14-17-9-11-20(30-3)12-10-17)27-23(28)21-13-18-7-5-6-8-19(18)15-25-21/h5-12,16,21-22,25H,4,13-15H2,1-3H3,(H,26,29)(H,27,28)/t16-,21-,22+/m0/s1. The highest BCUT2D eigenvalue weighted by Crippen LogP contribution is 2.17. The minimum absolute atomic E-state index is 0.0284. The monoisotopic (exact) mass is 409 g/mol. The predicted molar refractivity (Wildman–Crippen MR) is 117 cm³/mol. The van der Waals surface area contributed by atoms with Crippen molar-refractivity contribution in [2.75, 3.05) is 7.11 Å². The molecule has 0 saturated heterocycles. The fraction of sp³-hybridized carbons (Fsp3) is 0.417. The summed E-state index contributed by atoms with van der Waals surface area (Å²) in [5, 5.41) is 9.24. The van der Waals surface area contributed by atoms with Crippen LogP contribution in [0.1, 0.15) is 37.0 Å². The third-order valence-electron chi connectivity index (χ3n) is 5.82. The Labute approximate surface area is 178 Å². The zero-order valence-corrected chi connectivity index (χ0v) is 17.9. The van der Waals surface area contributed by atoms with E-state index in [2.05, 4.69) is 28.1 Å². The van der Waals surface area contributed by atoms with E-state index in [0.717, 1.165) is 17.7 Å². The summed E-state index contributed by atoms with van der Waals surface area (Å²) in [6, 6.07) is 14.8. The molecule has 160 valence electrons. The number of benzene rings is 2. The normalized spacial score (nSPS) is 17.4. The third-order valence-corrected chi connectivity index (χ3v) is 5.82. The topological polar surface area (TPSA) is 79.5 Å². The molecule has 0 spiro atoms. The van der Waals surface area contributed by atoms with Crippen LogP contribution in [0.2, 0.25) is 0 Å². The largest absolute Gasteiger partial charge is 0.497 e. The van der Waals surface area contributed by atoms with E-state index in [1.54, 1.807) is 7.11 Å². The molecule has 3 rings (SSSR count). The molecule has 2 aromatic rings. The molecule has 0 bridgehead atoms. The van der Waals surface area contributed by atoms with Crippen LogP contribution in [0.25, 0.3) is 0 Å². The minimum atomic E-state index is -0.570. The SMILES string of the molecule is CC[C@H](C)[C@@H](NC(=O)[C@@H]1Cc2ccccc2CN1)C(=O)NCc1ccc(OC)cc1. The number of ether oxygens (including phenoxy) is 1. The first-order valence-corrected chi connectivity index (χ1v) is 10.5. The van der Waals surface area contributed by atoms with Gasteiger partial charge in [0.05, 0.1) is 13.2 Å². The van der Waals surface area contributed by atoms with Crippen molar-refractivity contribution in [2.45, 2.75) is 51.9 Å². The van der Waals surface area contributed by atoms with Crippen LogP contribution in [0.15, 0.2) is 48.5 Å². The zero-order valence-electron chi connectivity index (χ0n) is 17.9. The predicted octanol–water partition coefficient (Wildman–Crippen LogP) is 2.56. The Kier molecular flexibility index (Phi) is 7.46. The molecule has 30 heavy (non-hydrogen) atoms. The van der Waals surface area contributed by atoms with Gasteiger partial charge in [-0.15, -0.1) is 0 Å². The van der Waals surface area contributed by atoms with Crippen molar-refractivity contribution in [3.8, 4) is 5.75 Å². The molecule has 1 aliphatic heterocycles. The van der Waals surface area contributed by atoms with E-state index >= 15 is 0 Å². The zero-order chi connectivity index (χ0) is 21.5. The fourth-order valence-corrected chi connectivity index (χ4v) is 3.64. The van der Waals surface area contributed by atoms with Crippen molar-refractivity contribution in [1.82, 2.24) is 16.0 Å². The number of nitrogens with one attached hydrogen (secondary N) is 3. The Morgan fingerprint density at radius 1 is 1.13 bits per heavy atom. The van der Waals surface area contributed by atoms with Crippen LogP contribution >= 0.6 is 0 Å². The van der Waals surface area contributed by atoms with Gasteiger partial charge in [-0.1, -0.05) is 56.7 Å². The molecule has 0 radical (unpaired) electrons. The average molecular weight is 410 g/mol. The van der Waals surface area contributed by atoms with Crippen LogP contribution in [-0.4, -0.2) is 31.0 Å². The maximum atomic E-state index is 12.9. The van der Waals surface area contributed by atoms with E-state index in [0.29, 0.717) is 19.5 Å². The second kappa shape index (κ2) is 10.3. The molecule has 0 unspecified atom stereocenters. The number of hydrogen-bond donors (Lipinski definition) is 3. The number of carbonyl (C=O) groups excluding carboxylic acids is 2. The number of hydrogen-bond acceptors (Lipinski definition) is 4. The van der Waals surface area contributed by atoms with E-state index in [9.17, 15) is 9.59 Å². The smallest absolute Gasteiger partial charge is 0.243 e. The molecule has 1 aliphatic rings. The summed E-state index contributed by atoms with van der Waals surface area (Å²) >= 11 is 0. The lowest BCUT2D eigenvalue weighted by molar-refractivity contribution is -0.131. The lowest BCUT2D eigenvalue weighted by Crippen LogP contribution is -2.56. The number of methoxy groups -OCH3 is 1. The highest BCUT2D eigenvalue weighted by atomic mass is 16.5. The van der Waals surface area contributed by atoms with Gasteiger partial charge in [0.1, 0.15) is 11.8 Å². The van der Waals surface area contributed by atoms with Crippen molar-refractivity contribution in [3.05, 3.63) is 65.2 Å². The highest BCUT2D eigenvalue weighted by Gasteiger charge is 2.30. The first kappa shape index (κ1) is 21.8. The highest BCUT2D eigenvalue weighted by molar-refractivity contribution is 5.90. The van der Waals surface area contributed by atoms with Crippen molar-refractivity contribution in [3.63, 3.8) is 0 Å². The minimum Gasteiger partial charge on any atom is -0.497 e. The number of amides is 2. The Hall–Kier alpha value is -2.86. The van der Waals surface area contributed by atoms with Crippen molar-refractivity contribution >= 4 is 11.8 Å². The van der Waals surface area contributed by atoms with Gasteiger partial charge in [0.2, 0.25) is 11.8 Å².